The SMILES string of the molecule is CC(C)(C)N1CCN(CC2CCC(=O)O2)CC1. The number of rotatable bonds is 2. The molecule has 0 N–H and O–H groups in total. The van der Waals surface area contributed by atoms with Gasteiger partial charge in [-0.05, 0) is 27.2 Å². The highest BCUT2D eigenvalue weighted by molar-refractivity contribution is 5.71. The van der Waals surface area contributed by atoms with Crippen molar-refractivity contribution in [1.29, 1.82) is 0 Å². The molecule has 1 atom stereocenters. The van der Waals surface area contributed by atoms with Crippen LogP contribution in [0.2, 0.25) is 0 Å². The molecule has 0 aromatic heterocycles. The fraction of sp³-hybridized carbons (Fsp3) is 0.923. The van der Waals surface area contributed by atoms with E-state index < -0.39 is 0 Å². The van der Waals surface area contributed by atoms with Gasteiger partial charge in [0.15, 0.2) is 0 Å². The van der Waals surface area contributed by atoms with Crippen LogP contribution in [0.15, 0.2) is 0 Å². The van der Waals surface area contributed by atoms with Gasteiger partial charge in [0.05, 0.1) is 0 Å². The summed E-state index contributed by atoms with van der Waals surface area (Å²) in [5.41, 5.74) is 0.270. The van der Waals surface area contributed by atoms with E-state index in [0.29, 0.717) is 6.42 Å². The standard InChI is InChI=1S/C13H24N2O2/c1-13(2,3)15-8-6-14(7-9-15)10-11-4-5-12(16)17-11/h11H,4-10H2,1-3H3. The number of ether oxygens (including phenoxy) is 1. The van der Waals surface area contributed by atoms with Crippen molar-refractivity contribution in [2.45, 2.75) is 45.3 Å². The molecule has 2 heterocycles. The van der Waals surface area contributed by atoms with Crippen molar-refractivity contribution in [2.24, 2.45) is 0 Å². The molecule has 0 radical (unpaired) electrons. The molecule has 98 valence electrons. The summed E-state index contributed by atoms with van der Waals surface area (Å²) >= 11 is 0. The lowest BCUT2D eigenvalue weighted by atomic mass is 10.0. The molecule has 2 saturated heterocycles. The molecule has 4 heteroatoms. The first-order valence-corrected chi connectivity index (χ1v) is 6.62. The zero-order valence-electron chi connectivity index (χ0n) is 11.2. The van der Waals surface area contributed by atoms with E-state index in [1.807, 2.05) is 0 Å². The van der Waals surface area contributed by atoms with Gasteiger partial charge in [0.25, 0.3) is 0 Å². The summed E-state index contributed by atoms with van der Waals surface area (Å²) in [6.45, 7) is 12.1. The largest absolute Gasteiger partial charge is 0.461 e. The van der Waals surface area contributed by atoms with Gasteiger partial charge in [-0.25, -0.2) is 0 Å². The maximum absolute atomic E-state index is 11.0. The number of esters is 1. The lowest BCUT2D eigenvalue weighted by Crippen LogP contribution is -2.54. The quantitative estimate of drug-likeness (QED) is 0.677. The predicted octanol–water partition coefficient (Wildman–Crippen LogP) is 1.11. The monoisotopic (exact) mass is 240 g/mol. The number of hydrogen-bond donors (Lipinski definition) is 0. The Morgan fingerprint density at radius 2 is 1.88 bits per heavy atom. The van der Waals surface area contributed by atoms with E-state index in [9.17, 15) is 4.79 Å². The highest BCUT2D eigenvalue weighted by Gasteiger charge is 2.29. The molecule has 0 aromatic carbocycles. The molecule has 4 nitrogen and oxygen atoms in total. The molecular formula is C13H24N2O2. The Hall–Kier alpha value is -0.610. The molecule has 2 fully saturated rings. The zero-order chi connectivity index (χ0) is 12.5. The number of hydrogen-bond acceptors (Lipinski definition) is 4. The Kier molecular flexibility index (Phi) is 3.73. The topological polar surface area (TPSA) is 32.8 Å². The van der Waals surface area contributed by atoms with E-state index in [4.69, 9.17) is 4.74 Å². The number of carbonyl (C=O) groups excluding carboxylic acids is 1. The average molecular weight is 240 g/mol. The molecule has 1 unspecified atom stereocenters. The van der Waals surface area contributed by atoms with E-state index >= 15 is 0 Å². The average Bonchev–Trinajstić information content (AvgIpc) is 2.63. The van der Waals surface area contributed by atoms with Crippen LogP contribution >= 0.6 is 0 Å². The highest BCUT2D eigenvalue weighted by atomic mass is 16.5. The Balaban J connectivity index is 1.74. The molecule has 0 bridgehead atoms. The van der Waals surface area contributed by atoms with Crippen molar-refractivity contribution in [1.82, 2.24) is 9.80 Å². The molecule has 0 spiro atoms. The van der Waals surface area contributed by atoms with Gasteiger partial charge >= 0.3 is 5.97 Å². The summed E-state index contributed by atoms with van der Waals surface area (Å²) in [5, 5.41) is 0. The fourth-order valence-electron chi connectivity index (χ4n) is 2.60. The van der Waals surface area contributed by atoms with E-state index in [2.05, 4.69) is 30.6 Å². The molecule has 0 amide bonds. The number of cyclic esters (lactones) is 1. The van der Waals surface area contributed by atoms with Crippen LogP contribution in [-0.2, 0) is 9.53 Å². The van der Waals surface area contributed by atoms with Gasteiger partial charge in [-0.3, -0.25) is 14.6 Å². The van der Waals surface area contributed by atoms with Crippen LogP contribution in [0.25, 0.3) is 0 Å². The third-order valence-corrected chi connectivity index (χ3v) is 3.75. The van der Waals surface area contributed by atoms with Crippen molar-refractivity contribution in [3.05, 3.63) is 0 Å². The Morgan fingerprint density at radius 3 is 2.35 bits per heavy atom. The zero-order valence-corrected chi connectivity index (χ0v) is 11.2. The van der Waals surface area contributed by atoms with Crippen LogP contribution in [0.3, 0.4) is 0 Å². The minimum atomic E-state index is -0.0247. The first-order chi connectivity index (χ1) is 7.95. The summed E-state index contributed by atoms with van der Waals surface area (Å²) in [6, 6.07) is 0. The van der Waals surface area contributed by atoms with E-state index in [1.54, 1.807) is 0 Å². The Bertz CT molecular complexity index is 278. The summed E-state index contributed by atoms with van der Waals surface area (Å²) in [7, 11) is 0. The molecule has 17 heavy (non-hydrogen) atoms. The van der Waals surface area contributed by atoms with E-state index in [0.717, 1.165) is 39.1 Å². The Labute approximate surface area is 104 Å². The minimum absolute atomic E-state index is 0.0247. The maximum Gasteiger partial charge on any atom is 0.306 e. The normalized spacial score (nSPS) is 28.4. The van der Waals surface area contributed by atoms with Crippen molar-refractivity contribution in [2.75, 3.05) is 32.7 Å². The predicted molar refractivity (Wildman–Crippen MR) is 66.9 cm³/mol. The number of carbonyl (C=O) groups is 1. The molecule has 2 rings (SSSR count). The summed E-state index contributed by atoms with van der Waals surface area (Å²) in [4.78, 5) is 16.0. The number of piperazine rings is 1. The third kappa shape index (κ3) is 3.42. The molecular weight excluding hydrogens is 216 g/mol. The fourth-order valence-corrected chi connectivity index (χ4v) is 2.60. The summed E-state index contributed by atoms with van der Waals surface area (Å²) in [5.74, 6) is -0.0247. The second kappa shape index (κ2) is 4.94. The van der Waals surface area contributed by atoms with Gasteiger partial charge in [0, 0.05) is 44.7 Å². The number of nitrogens with zero attached hydrogens (tertiary/aromatic N) is 2. The lowest BCUT2D eigenvalue weighted by molar-refractivity contribution is -0.142. The van der Waals surface area contributed by atoms with Gasteiger partial charge < -0.3 is 4.74 Å². The van der Waals surface area contributed by atoms with Gasteiger partial charge in [-0.2, -0.15) is 0 Å². The molecule has 2 aliphatic rings. The third-order valence-electron chi connectivity index (χ3n) is 3.75. The molecule has 0 aliphatic carbocycles. The second-order valence-corrected chi connectivity index (χ2v) is 6.11. The highest BCUT2D eigenvalue weighted by Crippen LogP contribution is 2.18. The molecule has 2 aliphatic heterocycles. The van der Waals surface area contributed by atoms with Crippen LogP contribution in [0.5, 0.6) is 0 Å². The molecule has 0 saturated carbocycles. The molecule has 0 aromatic rings. The van der Waals surface area contributed by atoms with Crippen molar-refractivity contribution >= 4 is 5.97 Å². The van der Waals surface area contributed by atoms with Crippen molar-refractivity contribution < 1.29 is 9.53 Å². The van der Waals surface area contributed by atoms with Crippen LogP contribution in [0.4, 0.5) is 0 Å². The van der Waals surface area contributed by atoms with Crippen molar-refractivity contribution in [3.8, 4) is 0 Å². The summed E-state index contributed by atoms with van der Waals surface area (Å²) < 4.78 is 5.26. The van der Waals surface area contributed by atoms with Crippen LogP contribution in [0, 0.1) is 0 Å². The minimum Gasteiger partial charge on any atom is -0.461 e. The van der Waals surface area contributed by atoms with Gasteiger partial charge in [0.1, 0.15) is 6.10 Å². The van der Waals surface area contributed by atoms with Gasteiger partial charge in [0.2, 0.25) is 0 Å². The van der Waals surface area contributed by atoms with Crippen LogP contribution in [-0.4, -0.2) is 60.1 Å². The van der Waals surface area contributed by atoms with Crippen LogP contribution in [0.1, 0.15) is 33.6 Å². The van der Waals surface area contributed by atoms with E-state index in [1.165, 1.54) is 0 Å². The lowest BCUT2D eigenvalue weighted by Gasteiger charge is -2.42. The van der Waals surface area contributed by atoms with Crippen molar-refractivity contribution in [3.63, 3.8) is 0 Å². The maximum atomic E-state index is 11.0. The van der Waals surface area contributed by atoms with Gasteiger partial charge in [-0.15, -0.1) is 0 Å². The van der Waals surface area contributed by atoms with E-state index in [-0.39, 0.29) is 17.6 Å². The second-order valence-electron chi connectivity index (χ2n) is 6.11. The van der Waals surface area contributed by atoms with Gasteiger partial charge in [-0.1, -0.05) is 0 Å². The first kappa shape index (κ1) is 12.8. The first-order valence-electron chi connectivity index (χ1n) is 6.62. The summed E-state index contributed by atoms with van der Waals surface area (Å²) in [6.07, 6.45) is 1.65. The Morgan fingerprint density at radius 1 is 1.24 bits per heavy atom. The smallest absolute Gasteiger partial charge is 0.306 e. The van der Waals surface area contributed by atoms with Crippen LogP contribution < -0.4 is 0 Å².